The SMILES string of the molecule is C=CC[C@@]1(C)C[C@H](c2cccc(Cl)c2)[C@@H](c2ccc(Cl)cc2)N([C@@H](CC)CNS(=O)(=O)C(C)C)C1=O. The average molecular weight is 552 g/mol. The molecule has 0 unspecified atom stereocenters. The second kappa shape index (κ2) is 11.7. The van der Waals surface area contributed by atoms with E-state index in [2.05, 4.69) is 11.3 Å². The van der Waals surface area contributed by atoms with E-state index in [4.69, 9.17) is 23.2 Å². The molecule has 0 radical (unpaired) electrons. The van der Waals surface area contributed by atoms with Gasteiger partial charge < -0.3 is 4.90 Å². The molecule has 2 aromatic rings. The molecule has 0 aliphatic carbocycles. The summed E-state index contributed by atoms with van der Waals surface area (Å²) in [4.78, 5) is 16.1. The molecule has 0 saturated carbocycles. The number of sulfonamides is 1. The van der Waals surface area contributed by atoms with Gasteiger partial charge in [-0.3, -0.25) is 4.79 Å². The van der Waals surface area contributed by atoms with E-state index < -0.39 is 20.7 Å². The van der Waals surface area contributed by atoms with E-state index in [0.29, 0.717) is 29.3 Å². The van der Waals surface area contributed by atoms with E-state index in [0.717, 1.165) is 11.1 Å². The molecule has 2 aromatic carbocycles. The maximum absolute atomic E-state index is 14.2. The zero-order valence-electron chi connectivity index (χ0n) is 21.4. The van der Waals surface area contributed by atoms with Gasteiger partial charge in [0, 0.05) is 28.5 Å². The third-order valence-electron chi connectivity index (χ3n) is 7.19. The van der Waals surface area contributed by atoms with Gasteiger partial charge in [0.2, 0.25) is 15.9 Å². The molecule has 1 heterocycles. The van der Waals surface area contributed by atoms with Crippen LogP contribution in [0.4, 0.5) is 0 Å². The highest BCUT2D eigenvalue weighted by Gasteiger charge is 2.50. The van der Waals surface area contributed by atoms with E-state index in [1.807, 2.05) is 67.3 Å². The molecule has 1 N–H and O–H groups in total. The van der Waals surface area contributed by atoms with E-state index in [-0.39, 0.29) is 30.5 Å². The fourth-order valence-corrected chi connectivity index (χ4v) is 6.19. The molecular weight excluding hydrogens is 515 g/mol. The second-order valence-corrected chi connectivity index (χ2v) is 13.3. The predicted molar refractivity (Wildman–Crippen MR) is 149 cm³/mol. The number of nitrogens with one attached hydrogen (secondary N) is 1. The van der Waals surface area contributed by atoms with Crippen molar-refractivity contribution >= 4 is 39.1 Å². The summed E-state index contributed by atoms with van der Waals surface area (Å²) in [5.41, 5.74) is 1.29. The smallest absolute Gasteiger partial charge is 0.229 e. The van der Waals surface area contributed by atoms with Gasteiger partial charge in [0.05, 0.1) is 16.7 Å². The van der Waals surface area contributed by atoms with Crippen LogP contribution in [0.1, 0.15) is 70.0 Å². The fourth-order valence-electron chi connectivity index (χ4n) is 5.11. The molecule has 5 nitrogen and oxygen atoms in total. The topological polar surface area (TPSA) is 66.5 Å². The summed E-state index contributed by atoms with van der Waals surface area (Å²) in [6.45, 7) is 11.3. The Morgan fingerprint density at radius 1 is 1.14 bits per heavy atom. The molecule has 196 valence electrons. The summed E-state index contributed by atoms with van der Waals surface area (Å²) in [7, 11) is -3.50. The molecule has 3 rings (SSSR count). The maximum atomic E-state index is 14.2. The minimum absolute atomic E-state index is 0.00350. The van der Waals surface area contributed by atoms with Crippen LogP contribution in [0, 0.1) is 5.41 Å². The van der Waals surface area contributed by atoms with Crippen molar-refractivity contribution in [1.82, 2.24) is 9.62 Å². The molecule has 36 heavy (non-hydrogen) atoms. The Labute approximate surface area is 225 Å². The van der Waals surface area contributed by atoms with Crippen molar-refractivity contribution < 1.29 is 13.2 Å². The van der Waals surface area contributed by atoms with Gasteiger partial charge in [0.15, 0.2) is 0 Å². The number of allylic oxidation sites excluding steroid dienone is 1. The van der Waals surface area contributed by atoms with Crippen LogP contribution < -0.4 is 4.72 Å². The van der Waals surface area contributed by atoms with Crippen molar-refractivity contribution in [3.63, 3.8) is 0 Å². The molecule has 0 aromatic heterocycles. The molecule has 4 atom stereocenters. The van der Waals surface area contributed by atoms with Crippen LogP contribution in [0.2, 0.25) is 10.0 Å². The first-order chi connectivity index (χ1) is 16.9. The lowest BCUT2D eigenvalue weighted by atomic mass is 9.67. The third-order valence-corrected chi connectivity index (χ3v) is 9.49. The quantitative estimate of drug-likeness (QED) is 0.333. The van der Waals surface area contributed by atoms with Gasteiger partial charge in [-0.05, 0) is 68.5 Å². The Morgan fingerprint density at radius 2 is 1.81 bits per heavy atom. The number of halogens is 2. The highest BCUT2D eigenvalue weighted by molar-refractivity contribution is 7.90. The van der Waals surface area contributed by atoms with Crippen molar-refractivity contribution in [3.05, 3.63) is 82.4 Å². The number of benzene rings is 2. The summed E-state index contributed by atoms with van der Waals surface area (Å²) in [5.74, 6) is -0.0699. The normalized spacial score (nSPS) is 23.6. The van der Waals surface area contributed by atoms with E-state index in [9.17, 15) is 13.2 Å². The lowest BCUT2D eigenvalue weighted by molar-refractivity contribution is -0.154. The largest absolute Gasteiger partial charge is 0.330 e. The highest BCUT2D eigenvalue weighted by Crippen LogP contribution is 2.52. The van der Waals surface area contributed by atoms with Crippen LogP contribution >= 0.6 is 23.2 Å². The Hall–Kier alpha value is -1.86. The van der Waals surface area contributed by atoms with Crippen LogP contribution in [0.5, 0.6) is 0 Å². The number of carbonyl (C=O) groups excluding carboxylic acids is 1. The lowest BCUT2D eigenvalue weighted by Crippen LogP contribution is -2.57. The molecule has 1 amide bonds. The van der Waals surface area contributed by atoms with E-state index >= 15 is 0 Å². The number of amides is 1. The van der Waals surface area contributed by atoms with Crippen molar-refractivity contribution in [2.45, 2.75) is 70.2 Å². The lowest BCUT2D eigenvalue weighted by Gasteiger charge is -2.52. The first-order valence-electron chi connectivity index (χ1n) is 12.4. The molecule has 0 spiro atoms. The Bertz CT molecular complexity index is 1180. The zero-order chi connectivity index (χ0) is 26.7. The summed E-state index contributed by atoms with van der Waals surface area (Å²) < 4.78 is 27.9. The number of hydrogen-bond acceptors (Lipinski definition) is 3. The van der Waals surface area contributed by atoms with Crippen LogP contribution in [-0.2, 0) is 14.8 Å². The molecule has 8 heteroatoms. The van der Waals surface area contributed by atoms with Crippen LogP contribution in [0.15, 0.2) is 61.2 Å². The maximum Gasteiger partial charge on any atom is 0.229 e. The molecule has 1 aliphatic heterocycles. The zero-order valence-corrected chi connectivity index (χ0v) is 23.7. The monoisotopic (exact) mass is 550 g/mol. The number of rotatable bonds is 10. The predicted octanol–water partition coefficient (Wildman–Crippen LogP) is 6.74. The van der Waals surface area contributed by atoms with Gasteiger partial charge in [0.1, 0.15) is 0 Å². The minimum atomic E-state index is -3.50. The van der Waals surface area contributed by atoms with E-state index in [1.54, 1.807) is 19.9 Å². The van der Waals surface area contributed by atoms with Gasteiger partial charge in [-0.25, -0.2) is 13.1 Å². The molecule has 1 aliphatic rings. The summed E-state index contributed by atoms with van der Waals surface area (Å²) in [6, 6.07) is 14.7. The van der Waals surface area contributed by atoms with Crippen LogP contribution in [0.25, 0.3) is 0 Å². The van der Waals surface area contributed by atoms with Gasteiger partial charge >= 0.3 is 0 Å². The molecule has 1 saturated heterocycles. The molecule has 1 fully saturated rings. The van der Waals surface area contributed by atoms with Crippen molar-refractivity contribution in [1.29, 1.82) is 0 Å². The van der Waals surface area contributed by atoms with E-state index in [1.165, 1.54) is 0 Å². The van der Waals surface area contributed by atoms with Crippen molar-refractivity contribution in [3.8, 4) is 0 Å². The van der Waals surface area contributed by atoms with Crippen molar-refractivity contribution in [2.75, 3.05) is 6.54 Å². The summed E-state index contributed by atoms with van der Waals surface area (Å²) in [5, 5.41) is 0.678. The Morgan fingerprint density at radius 3 is 2.36 bits per heavy atom. The van der Waals surface area contributed by atoms with Crippen LogP contribution in [0.3, 0.4) is 0 Å². The summed E-state index contributed by atoms with van der Waals surface area (Å²) >= 11 is 12.6. The van der Waals surface area contributed by atoms with Gasteiger partial charge in [0.25, 0.3) is 0 Å². The van der Waals surface area contributed by atoms with Gasteiger partial charge in [-0.2, -0.15) is 0 Å². The standard InChI is InChI=1S/C28H36Cl2N2O3S/c1-6-15-28(5)17-25(21-9-8-10-23(30)16-21)26(20-11-13-22(29)14-12-20)32(27(28)33)24(7-2)18-31-36(34,35)19(3)4/h6,8-14,16,19,24-26,31H,1,7,15,17-18H2,2-5H3/t24-,25+,26+,28-/m0/s1. The molecular formula is C28H36Cl2N2O3S. The first kappa shape index (κ1) is 28.7. The number of carbonyl (C=O) groups is 1. The Balaban J connectivity index is 2.18. The van der Waals surface area contributed by atoms with Crippen molar-refractivity contribution in [2.24, 2.45) is 5.41 Å². The number of likely N-dealkylation sites (tertiary alicyclic amines) is 1. The number of hydrogen-bond donors (Lipinski definition) is 1. The second-order valence-electron chi connectivity index (χ2n) is 10.1. The fraction of sp³-hybridized carbons (Fsp3) is 0.464. The van der Waals surface area contributed by atoms with Crippen LogP contribution in [-0.4, -0.2) is 37.1 Å². The number of piperidine rings is 1. The third kappa shape index (κ3) is 6.16. The van der Waals surface area contributed by atoms with Gasteiger partial charge in [-0.1, -0.05) is 67.4 Å². The highest BCUT2D eigenvalue weighted by atomic mass is 35.5. The van der Waals surface area contributed by atoms with Gasteiger partial charge in [-0.15, -0.1) is 6.58 Å². The average Bonchev–Trinajstić information content (AvgIpc) is 2.82. The first-order valence-corrected chi connectivity index (χ1v) is 14.7. The molecule has 0 bridgehead atoms. The summed E-state index contributed by atoms with van der Waals surface area (Å²) in [6.07, 6.45) is 3.50. The Kier molecular flexibility index (Phi) is 9.31. The minimum Gasteiger partial charge on any atom is -0.330 e. The number of nitrogens with zero attached hydrogens (tertiary/aromatic N) is 1.